The topological polar surface area (TPSA) is 103 Å². The largest absolute Gasteiger partial charge is 0.493 e. The van der Waals surface area contributed by atoms with Crippen molar-refractivity contribution in [2.75, 3.05) is 44.0 Å². The number of nitrogens with zero attached hydrogens (tertiary/aromatic N) is 1. The van der Waals surface area contributed by atoms with Crippen LogP contribution < -0.4 is 28.6 Å². The van der Waals surface area contributed by atoms with Crippen molar-refractivity contribution in [2.45, 2.75) is 6.54 Å². The molecule has 3 aromatic carbocycles. The summed E-state index contributed by atoms with van der Waals surface area (Å²) >= 11 is 0. The lowest BCUT2D eigenvalue weighted by Crippen LogP contribution is -2.30. The number of para-hydroxylation sites is 2. The second kappa shape index (κ2) is 11.2. The summed E-state index contributed by atoms with van der Waals surface area (Å²) in [5.41, 5.74) is 1.66. The molecular formula is C26H28N2O7S. The van der Waals surface area contributed by atoms with E-state index >= 15 is 0 Å². The summed E-state index contributed by atoms with van der Waals surface area (Å²) in [5, 5.41) is 2.81. The van der Waals surface area contributed by atoms with Crippen molar-refractivity contribution in [3.63, 3.8) is 0 Å². The fourth-order valence-corrected chi connectivity index (χ4v) is 4.56. The first-order valence-electron chi connectivity index (χ1n) is 11.4. The quantitative estimate of drug-likeness (QED) is 0.416. The van der Waals surface area contributed by atoms with Crippen molar-refractivity contribution >= 4 is 21.6 Å². The number of anilines is 1. The van der Waals surface area contributed by atoms with E-state index in [-0.39, 0.29) is 19.1 Å². The Kier molecular flexibility index (Phi) is 7.84. The number of carbonyl (C=O) groups excluding carboxylic acids is 1. The van der Waals surface area contributed by atoms with E-state index in [2.05, 4.69) is 5.32 Å². The van der Waals surface area contributed by atoms with Crippen molar-refractivity contribution in [1.82, 2.24) is 5.32 Å². The average molecular weight is 513 g/mol. The predicted octanol–water partition coefficient (Wildman–Crippen LogP) is 3.24. The zero-order valence-electron chi connectivity index (χ0n) is 20.1. The van der Waals surface area contributed by atoms with Crippen LogP contribution in [-0.2, 0) is 16.6 Å². The van der Waals surface area contributed by atoms with Gasteiger partial charge in [-0.2, -0.15) is 0 Å². The van der Waals surface area contributed by atoms with Crippen molar-refractivity contribution in [2.24, 2.45) is 0 Å². The molecule has 0 bridgehead atoms. The van der Waals surface area contributed by atoms with Crippen LogP contribution in [0.2, 0.25) is 0 Å². The number of methoxy groups -OCH3 is 1. The first-order valence-corrected chi connectivity index (χ1v) is 13.2. The van der Waals surface area contributed by atoms with Gasteiger partial charge in [0, 0.05) is 11.6 Å². The predicted molar refractivity (Wildman–Crippen MR) is 136 cm³/mol. The summed E-state index contributed by atoms with van der Waals surface area (Å²) in [6.45, 7) is 1.56. The van der Waals surface area contributed by atoms with Crippen LogP contribution in [0.1, 0.15) is 15.9 Å². The highest BCUT2D eigenvalue weighted by molar-refractivity contribution is 7.92. The maximum Gasteiger partial charge on any atom is 0.251 e. The lowest BCUT2D eigenvalue weighted by molar-refractivity contribution is 0.0946. The van der Waals surface area contributed by atoms with Gasteiger partial charge in [-0.25, -0.2) is 8.42 Å². The zero-order chi connectivity index (χ0) is 25.5. The SMILES string of the molecule is COc1ccccc1OCCNC(=O)c1ccc(CN(c2ccc3c(c2)OCCO3)S(C)(=O)=O)cc1. The van der Waals surface area contributed by atoms with Gasteiger partial charge in [0.05, 0.1) is 32.1 Å². The minimum Gasteiger partial charge on any atom is -0.493 e. The highest BCUT2D eigenvalue weighted by atomic mass is 32.2. The van der Waals surface area contributed by atoms with Crippen molar-refractivity contribution in [3.8, 4) is 23.0 Å². The van der Waals surface area contributed by atoms with E-state index in [1.165, 1.54) is 4.31 Å². The van der Waals surface area contributed by atoms with Crippen LogP contribution in [0.4, 0.5) is 5.69 Å². The molecule has 1 aliphatic rings. The van der Waals surface area contributed by atoms with E-state index in [9.17, 15) is 13.2 Å². The van der Waals surface area contributed by atoms with Gasteiger partial charge in [0.15, 0.2) is 23.0 Å². The van der Waals surface area contributed by atoms with Gasteiger partial charge in [-0.05, 0) is 42.0 Å². The van der Waals surface area contributed by atoms with E-state index in [4.69, 9.17) is 18.9 Å². The molecule has 1 heterocycles. The average Bonchev–Trinajstić information content (AvgIpc) is 2.89. The lowest BCUT2D eigenvalue weighted by Gasteiger charge is -2.25. The van der Waals surface area contributed by atoms with Gasteiger partial charge >= 0.3 is 0 Å². The molecule has 0 fully saturated rings. The standard InChI is InChI=1S/C26H28N2O7S/c1-32-22-5-3-4-6-23(22)33-14-13-27-26(29)20-9-7-19(8-10-20)18-28(36(2,30)31)21-11-12-24-25(17-21)35-16-15-34-24/h3-12,17H,13-16,18H2,1-2H3,(H,27,29). The maximum absolute atomic E-state index is 12.5. The highest BCUT2D eigenvalue weighted by Gasteiger charge is 2.21. The molecule has 190 valence electrons. The number of sulfonamides is 1. The van der Waals surface area contributed by atoms with Gasteiger partial charge < -0.3 is 24.3 Å². The van der Waals surface area contributed by atoms with Crippen LogP contribution >= 0.6 is 0 Å². The Morgan fingerprint density at radius 1 is 0.972 bits per heavy atom. The molecule has 1 N–H and O–H groups in total. The summed E-state index contributed by atoms with van der Waals surface area (Å²) in [4.78, 5) is 12.5. The summed E-state index contributed by atoms with van der Waals surface area (Å²) in [5.74, 6) is 2.07. The van der Waals surface area contributed by atoms with E-state index < -0.39 is 10.0 Å². The number of amides is 1. The third-order valence-corrected chi connectivity index (χ3v) is 6.61. The van der Waals surface area contributed by atoms with Gasteiger partial charge in [0.1, 0.15) is 19.8 Å². The fraction of sp³-hybridized carbons (Fsp3) is 0.269. The number of nitrogens with one attached hydrogen (secondary N) is 1. The van der Waals surface area contributed by atoms with E-state index in [1.807, 2.05) is 12.1 Å². The van der Waals surface area contributed by atoms with Crippen LogP contribution in [-0.4, -0.2) is 54.1 Å². The molecule has 9 nitrogen and oxygen atoms in total. The Morgan fingerprint density at radius 3 is 2.36 bits per heavy atom. The number of carbonyl (C=O) groups is 1. The second-order valence-corrected chi connectivity index (χ2v) is 9.96. The summed E-state index contributed by atoms with van der Waals surface area (Å²) in [6.07, 6.45) is 1.15. The van der Waals surface area contributed by atoms with E-state index in [0.717, 1.165) is 11.8 Å². The molecule has 10 heteroatoms. The first kappa shape index (κ1) is 25.2. The normalized spacial score (nSPS) is 12.5. The molecule has 1 amide bonds. The third-order valence-electron chi connectivity index (χ3n) is 5.47. The molecule has 0 aliphatic carbocycles. The Balaban J connectivity index is 1.36. The van der Waals surface area contributed by atoms with Gasteiger partial charge in [0.25, 0.3) is 5.91 Å². The summed E-state index contributed by atoms with van der Waals surface area (Å²) in [7, 11) is -2.01. The minimum absolute atomic E-state index is 0.104. The van der Waals surface area contributed by atoms with Crippen molar-refractivity contribution in [3.05, 3.63) is 77.9 Å². The maximum atomic E-state index is 12.5. The van der Waals surface area contributed by atoms with Gasteiger partial charge in [0.2, 0.25) is 10.0 Å². The Labute approximate surface area is 210 Å². The lowest BCUT2D eigenvalue weighted by atomic mass is 10.1. The van der Waals surface area contributed by atoms with Crippen LogP contribution in [0.25, 0.3) is 0 Å². The fourth-order valence-electron chi connectivity index (χ4n) is 3.68. The number of benzene rings is 3. The molecule has 3 aromatic rings. The van der Waals surface area contributed by atoms with E-state index in [0.29, 0.717) is 54.0 Å². The monoisotopic (exact) mass is 512 g/mol. The number of hydrogen-bond donors (Lipinski definition) is 1. The van der Waals surface area contributed by atoms with Crippen LogP contribution in [0, 0.1) is 0 Å². The molecule has 0 spiro atoms. The number of fused-ring (bicyclic) bond motifs is 1. The zero-order valence-corrected chi connectivity index (χ0v) is 20.9. The molecule has 0 radical (unpaired) electrons. The van der Waals surface area contributed by atoms with Crippen molar-refractivity contribution in [1.29, 1.82) is 0 Å². The van der Waals surface area contributed by atoms with Crippen LogP contribution in [0.5, 0.6) is 23.0 Å². The summed E-state index contributed by atoms with van der Waals surface area (Å²) in [6, 6.07) is 19.1. The molecular weight excluding hydrogens is 484 g/mol. The molecule has 1 aliphatic heterocycles. The number of ether oxygens (including phenoxy) is 4. The Hall–Kier alpha value is -3.92. The molecule has 0 saturated carbocycles. The summed E-state index contributed by atoms with van der Waals surface area (Å²) < 4.78 is 48.4. The van der Waals surface area contributed by atoms with Gasteiger partial charge in [-0.1, -0.05) is 24.3 Å². The Bertz CT molecular complexity index is 1310. The molecule has 0 aromatic heterocycles. The van der Waals surface area contributed by atoms with Crippen molar-refractivity contribution < 1.29 is 32.2 Å². The highest BCUT2D eigenvalue weighted by Crippen LogP contribution is 2.35. The third kappa shape index (κ3) is 6.19. The second-order valence-electron chi connectivity index (χ2n) is 8.05. The van der Waals surface area contributed by atoms with Gasteiger partial charge in [-0.3, -0.25) is 9.10 Å². The van der Waals surface area contributed by atoms with Crippen LogP contribution in [0.15, 0.2) is 66.7 Å². The number of hydrogen-bond acceptors (Lipinski definition) is 7. The Morgan fingerprint density at radius 2 is 1.67 bits per heavy atom. The molecule has 0 saturated heterocycles. The first-order chi connectivity index (χ1) is 17.3. The van der Waals surface area contributed by atoms with Crippen LogP contribution in [0.3, 0.4) is 0 Å². The molecule has 36 heavy (non-hydrogen) atoms. The molecule has 4 rings (SSSR count). The van der Waals surface area contributed by atoms with Gasteiger partial charge in [-0.15, -0.1) is 0 Å². The minimum atomic E-state index is -3.58. The van der Waals surface area contributed by atoms with E-state index in [1.54, 1.807) is 61.7 Å². The molecule has 0 unspecified atom stereocenters. The smallest absolute Gasteiger partial charge is 0.251 e. The number of rotatable bonds is 10. The molecule has 0 atom stereocenters.